The van der Waals surface area contributed by atoms with Gasteiger partial charge in [0.15, 0.2) is 0 Å². The fourth-order valence-electron chi connectivity index (χ4n) is 8.42. The van der Waals surface area contributed by atoms with Crippen molar-refractivity contribution in [3.63, 3.8) is 0 Å². The first-order valence-electron chi connectivity index (χ1n) is 22.0. The Kier molecular flexibility index (Phi) is 17.0. The zero-order chi connectivity index (χ0) is 63.8. The molecule has 0 spiro atoms. The Balaban J connectivity index is 1.63. The predicted molar refractivity (Wildman–Crippen MR) is 224 cm³/mol. The van der Waals surface area contributed by atoms with Crippen LogP contribution in [0.25, 0.3) is 16.8 Å². The number of benzene rings is 3. The van der Waals surface area contributed by atoms with Crippen molar-refractivity contribution < 1.29 is 149 Å². The molecule has 0 saturated carbocycles. The SMILES string of the molecule is C[Si](C)(CCC(F)(F)C(F)(F)C(F)(F)C(F)(F)C(F)(F)C(F)(F)C(F)(F)C(F)(F)F)c1ccc2c(C3CC=Cc4cc([Si](C)(C)C[C@H](N)C(F)(F)C(F)(F)C(F)(F)C(F)(F)C(F)(F)C(F)(F)C(F)(F)C(F)(F)F)ccc43)cccc2c1. The average molecular weight is 1280 g/mol. The molecule has 2 atom stereocenters. The van der Waals surface area contributed by atoms with Gasteiger partial charge in [0.25, 0.3) is 0 Å². The molecule has 4 rings (SSSR count). The van der Waals surface area contributed by atoms with E-state index in [1.54, 1.807) is 0 Å². The third-order valence-electron chi connectivity index (χ3n) is 13.8. The van der Waals surface area contributed by atoms with E-state index < -0.39 is 142 Å². The van der Waals surface area contributed by atoms with E-state index >= 15 is 8.78 Å². The van der Waals surface area contributed by atoms with E-state index in [0.717, 1.165) is 38.3 Å². The minimum absolute atomic E-state index is 0.0475. The number of alkyl halides is 34. The molecule has 1 aliphatic rings. The van der Waals surface area contributed by atoms with E-state index in [-0.39, 0.29) is 33.1 Å². The third kappa shape index (κ3) is 10.1. The van der Waals surface area contributed by atoms with Crippen molar-refractivity contribution >= 4 is 43.4 Å². The Morgan fingerprint density at radius 2 is 0.815 bits per heavy atom. The molecule has 0 fully saturated rings. The number of halogens is 34. The van der Waals surface area contributed by atoms with Crippen LogP contribution < -0.4 is 16.1 Å². The molecule has 2 N–H and O–H groups in total. The van der Waals surface area contributed by atoms with Crippen LogP contribution in [0.5, 0.6) is 0 Å². The highest BCUT2D eigenvalue weighted by Crippen LogP contribution is 2.66. The molecule has 0 amide bonds. The summed E-state index contributed by atoms with van der Waals surface area (Å²) in [5.74, 6) is -117. The fraction of sp³-hybridized carbons (Fsp3) is 0.591. The van der Waals surface area contributed by atoms with Crippen molar-refractivity contribution in [2.45, 2.75) is 158 Å². The van der Waals surface area contributed by atoms with E-state index in [9.17, 15) is 140 Å². The maximum absolute atomic E-state index is 15.2. The third-order valence-corrected chi connectivity index (χ3v) is 20.5. The Hall–Kier alpha value is -4.33. The van der Waals surface area contributed by atoms with Gasteiger partial charge >= 0.3 is 95.3 Å². The summed E-state index contributed by atoms with van der Waals surface area (Å²) in [4.78, 5) is 0. The maximum atomic E-state index is 15.2. The molecule has 0 aliphatic heterocycles. The topological polar surface area (TPSA) is 26.0 Å². The smallest absolute Gasteiger partial charge is 0.323 e. The van der Waals surface area contributed by atoms with Crippen LogP contribution in [0.1, 0.15) is 35.4 Å². The Bertz CT molecular complexity index is 2820. The lowest BCUT2D eigenvalue weighted by atomic mass is 9.80. The lowest BCUT2D eigenvalue weighted by Crippen LogP contribution is -2.75. The van der Waals surface area contributed by atoms with Gasteiger partial charge in [-0.2, -0.15) is 149 Å². The van der Waals surface area contributed by atoms with Gasteiger partial charge in [0.1, 0.15) is 0 Å². The van der Waals surface area contributed by atoms with E-state index in [0.29, 0.717) is 11.1 Å². The molecule has 1 nitrogen and oxygen atoms in total. The highest BCUT2D eigenvalue weighted by molar-refractivity contribution is 6.90. The molecule has 0 radical (unpaired) electrons. The first-order chi connectivity index (χ1) is 35.5. The lowest BCUT2D eigenvalue weighted by Gasteiger charge is -2.44. The summed E-state index contributed by atoms with van der Waals surface area (Å²) < 4.78 is 473. The van der Waals surface area contributed by atoms with Crippen molar-refractivity contribution in [2.24, 2.45) is 5.73 Å². The van der Waals surface area contributed by atoms with Crippen LogP contribution in [-0.2, 0) is 0 Å². The highest BCUT2D eigenvalue weighted by atomic mass is 28.3. The van der Waals surface area contributed by atoms with Crippen LogP contribution in [0.2, 0.25) is 38.3 Å². The second-order valence-corrected chi connectivity index (χ2v) is 29.7. The van der Waals surface area contributed by atoms with Gasteiger partial charge in [-0.25, -0.2) is 0 Å². The summed E-state index contributed by atoms with van der Waals surface area (Å²) in [6.45, 7) is 4.13. The highest BCUT2D eigenvalue weighted by Gasteiger charge is 2.97. The number of hydrogen-bond donors (Lipinski definition) is 1. The zero-order valence-corrected chi connectivity index (χ0v) is 42.3. The first-order valence-corrected chi connectivity index (χ1v) is 28.4. The largest absolute Gasteiger partial charge is 0.460 e. The van der Waals surface area contributed by atoms with Crippen LogP contribution in [0, 0.1) is 0 Å². The molecule has 462 valence electrons. The molecule has 3 aromatic carbocycles. The van der Waals surface area contributed by atoms with E-state index in [2.05, 4.69) is 0 Å². The van der Waals surface area contributed by atoms with Crippen molar-refractivity contribution in [2.75, 3.05) is 0 Å². The summed E-state index contributed by atoms with van der Waals surface area (Å²) >= 11 is 0. The molecule has 0 heterocycles. The van der Waals surface area contributed by atoms with Gasteiger partial charge in [-0.3, -0.25) is 0 Å². The standard InChI is InChI=1S/C44H35F34NSi2/c1-80(2,16-15-29(45,46)31(49,50)33(53,54)35(57,58)37(61,62)39(65,66)41(69,70)43(73,74)75)22-11-13-24-20(17-22)7-5-9-26(24)27-10-6-8-21-18-23(12-14-25(21)27)81(3,4)19-28(79)30(47,48)32(51,52)34(55,56)36(59,60)38(63,64)40(67,68)42(71,72)44(76,77)78/h5-9,11-14,17-18,27-28H,10,15-16,19,79H2,1-4H3/t27?,28-/m0/s1. The molecule has 37 heteroatoms. The number of rotatable bonds is 21. The predicted octanol–water partition coefficient (Wildman–Crippen LogP) is 17.0. The Labute approximate surface area is 433 Å². The maximum Gasteiger partial charge on any atom is 0.460 e. The minimum Gasteiger partial charge on any atom is -0.323 e. The number of allylic oxidation sites excluding steroid dienone is 1. The molecule has 81 heavy (non-hydrogen) atoms. The number of fused-ring (bicyclic) bond motifs is 2. The molecule has 1 aliphatic carbocycles. The summed E-state index contributed by atoms with van der Waals surface area (Å²) in [6, 6.07) is 4.48. The Morgan fingerprint density at radius 1 is 0.432 bits per heavy atom. The van der Waals surface area contributed by atoms with Crippen molar-refractivity contribution in [3.05, 3.63) is 77.4 Å². The second kappa shape index (κ2) is 19.9. The molecular weight excluding hydrogens is 1240 g/mol. The van der Waals surface area contributed by atoms with Crippen LogP contribution >= 0.6 is 0 Å². The Morgan fingerprint density at radius 3 is 1.25 bits per heavy atom. The average Bonchev–Trinajstić information content (AvgIpc) is 3.30. The van der Waals surface area contributed by atoms with Gasteiger partial charge < -0.3 is 5.73 Å². The summed E-state index contributed by atoms with van der Waals surface area (Å²) in [5, 5.41) is 0.254. The van der Waals surface area contributed by atoms with Gasteiger partial charge in [0.2, 0.25) is 0 Å². The van der Waals surface area contributed by atoms with Gasteiger partial charge in [-0.15, -0.1) is 0 Å². The van der Waals surface area contributed by atoms with Crippen molar-refractivity contribution in [1.82, 2.24) is 0 Å². The van der Waals surface area contributed by atoms with Crippen LogP contribution in [-0.4, -0.2) is 117 Å². The van der Waals surface area contributed by atoms with Crippen LogP contribution in [0.3, 0.4) is 0 Å². The van der Waals surface area contributed by atoms with Crippen molar-refractivity contribution in [3.8, 4) is 0 Å². The summed E-state index contributed by atoms with van der Waals surface area (Å²) in [6.07, 6.45) is -15.6. The molecule has 0 bridgehead atoms. The normalized spacial score (nSPS) is 17.7. The summed E-state index contributed by atoms with van der Waals surface area (Å²) in [5.41, 5.74) is 5.90. The van der Waals surface area contributed by atoms with Gasteiger partial charge in [-0.1, -0.05) is 103 Å². The number of hydrogen-bond acceptors (Lipinski definition) is 1. The van der Waals surface area contributed by atoms with Gasteiger partial charge in [-0.05, 0) is 46.0 Å². The van der Waals surface area contributed by atoms with Gasteiger partial charge in [0.05, 0.1) is 22.2 Å². The summed E-state index contributed by atoms with van der Waals surface area (Å²) in [7, 11) is -7.87. The molecule has 0 aromatic heterocycles. The first kappa shape index (κ1) is 69.2. The van der Waals surface area contributed by atoms with E-state index in [1.165, 1.54) is 54.6 Å². The molecule has 1 unspecified atom stereocenters. The molecule has 0 saturated heterocycles. The van der Waals surface area contributed by atoms with Gasteiger partial charge in [0, 0.05) is 12.3 Å². The monoisotopic (exact) mass is 1280 g/mol. The lowest BCUT2D eigenvalue weighted by molar-refractivity contribution is -0.462. The minimum atomic E-state index is -8.85. The molecule has 3 aromatic rings. The van der Waals surface area contributed by atoms with E-state index in [1.807, 2.05) is 0 Å². The van der Waals surface area contributed by atoms with Crippen LogP contribution in [0.4, 0.5) is 149 Å². The van der Waals surface area contributed by atoms with Crippen LogP contribution in [0.15, 0.2) is 60.7 Å². The zero-order valence-electron chi connectivity index (χ0n) is 40.3. The quantitative estimate of drug-likeness (QED) is 0.0835. The van der Waals surface area contributed by atoms with E-state index in [4.69, 9.17) is 5.73 Å². The number of nitrogens with two attached hydrogens (primary N) is 1. The fourth-order valence-corrected chi connectivity index (χ4v) is 13.4. The second-order valence-electron chi connectivity index (χ2n) is 20.1. The molecular formula is C44H35F34NSi2. The van der Waals surface area contributed by atoms with Crippen molar-refractivity contribution in [1.29, 1.82) is 0 Å².